The molecule has 0 spiro atoms. The maximum Gasteiger partial charge on any atom is 0.360 e. The van der Waals surface area contributed by atoms with Crippen molar-refractivity contribution >= 4 is 22.6 Å². The van der Waals surface area contributed by atoms with Crippen molar-refractivity contribution in [3.8, 4) is 5.75 Å². The largest absolute Gasteiger partial charge is 0.462 e. The third-order valence-corrected chi connectivity index (χ3v) is 4.46. The van der Waals surface area contributed by atoms with Crippen LogP contribution in [0.1, 0.15) is 19.4 Å². The Bertz CT molecular complexity index is 923. The fourth-order valence-electron chi connectivity index (χ4n) is 2.95. The molecule has 9 heteroatoms. The van der Waals surface area contributed by atoms with E-state index in [4.69, 9.17) is 13.9 Å². The van der Waals surface area contributed by atoms with Gasteiger partial charge in [-0.25, -0.2) is 4.79 Å². The number of aryl methyl sites for hydroxylation is 1. The van der Waals surface area contributed by atoms with E-state index in [1.807, 2.05) is 0 Å². The molecular weight excluding hydrogens is 358 g/mol. The number of amides is 1. The first-order valence-corrected chi connectivity index (χ1v) is 8.40. The van der Waals surface area contributed by atoms with Gasteiger partial charge in [0.05, 0.1) is 6.10 Å². The minimum atomic E-state index is -1.46. The van der Waals surface area contributed by atoms with Gasteiger partial charge >= 0.3 is 5.63 Å². The van der Waals surface area contributed by atoms with Crippen LogP contribution in [-0.4, -0.2) is 51.9 Å². The van der Waals surface area contributed by atoms with Crippen LogP contribution < -0.4 is 15.7 Å². The number of aliphatic hydroxyl groups is 3. The van der Waals surface area contributed by atoms with E-state index in [1.54, 1.807) is 26.0 Å². The zero-order valence-electron chi connectivity index (χ0n) is 15.0. The monoisotopic (exact) mass is 379 g/mol. The Morgan fingerprint density at radius 1 is 1.19 bits per heavy atom. The highest BCUT2D eigenvalue weighted by Crippen LogP contribution is 2.31. The van der Waals surface area contributed by atoms with Crippen LogP contribution in [0.15, 0.2) is 27.4 Å². The Kier molecular flexibility index (Phi) is 5.20. The number of nitrogens with one attached hydrogen (secondary N) is 1. The fourth-order valence-corrected chi connectivity index (χ4v) is 2.95. The topological polar surface area (TPSA) is 138 Å². The highest BCUT2D eigenvalue weighted by atomic mass is 16.7. The minimum Gasteiger partial charge on any atom is -0.462 e. The van der Waals surface area contributed by atoms with E-state index in [1.165, 1.54) is 13.0 Å². The highest BCUT2D eigenvalue weighted by molar-refractivity contribution is 5.91. The number of ether oxygens (including phenoxy) is 2. The van der Waals surface area contributed by atoms with Crippen LogP contribution in [0.3, 0.4) is 0 Å². The van der Waals surface area contributed by atoms with Gasteiger partial charge < -0.3 is 34.5 Å². The molecule has 4 N–H and O–H groups in total. The summed E-state index contributed by atoms with van der Waals surface area (Å²) in [6.45, 7) is 4.49. The summed E-state index contributed by atoms with van der Waals surface area (Å²) in [5, 5.41) is 32.7. The summed E-state index contributed by atoms with van der Waals surface area (Å²) < 4.78 is 16.4. The van der Waals surface area contributed by atoms with Crippen molar-refractivity contribution in [1.29, 1.82) is 0 Å². The number of hydrogen-bond donors (Lipinski definition) is 4. The van der Waals surface area contributed by atoms with Crippen LogP contribution in [0.4, 0.5) is 5.69 Å². The Labute approximate surface area is 154 Å². The molecule has 0 unspecified atom stereocenters. The first-order valence-electron chi connectivity index (χ1n) is 8.40. The summed E-state index contributed by atoms with van der Waals surface area (Å²) in [5.41, 5.74) is 0.0488. The summed E-state index contributed by atoms with van der Waals surface area (Å²) in [6.07, 6.45) is -6.06. The number of rotatable bonds is 3. The number of aliphatic hydroxyl groups excluding tert-OH is 3. The lowest BCUT2D eigenvalue weighted by atomic mass is 10.00. The molecule has 1 aromatic carbocycles. The number of carbonyl (C=O) groups excluding carboxylic acids is 1. The van der Waals surface area contributed by atoms with E-state index in [-0.39, 0.29) is 17.0 Å². The van der Waals surface area contributed by atoms with Crippen LogP contribution in [-0.2, 0) is 9.53 Å². The molecule has 1 fully saturated rings. The summed E-state index contributed by atoms with van der Waals surface area (Å²) >= 11 is 0. The molecule has 1 aromatic heterocycles. The Morgan fingerprint density at radius 3 is 2.56 bits per heavy atom. The van der Waals surface area contributed by atoms with Gasteiger partial charge in [-0.1, -0.05) is 0 Å². The maximum absolute atomic E-state index is 12.0. The molecule has 0 aliphatic carbocycles. The highest BCUT2D eigenvalue weighted by Gasteiger charge is 2.43. The molecule has 146 valence electrons. The average molecular weight is 379 g/mol. The molecule has 1 amide bonds. The lowest BCUT2D eigenvalue weighted by molar-refractivity contribution is -0.268. The van der Waals surface area contributed by atoms with Gasteiger partial charge in [-0.05, 0) is 32.0 Å². The van der Waals surface area contributed by atoms with Crippen LogP contribution in [0.5, 0.6) is 5.75 Å². The smallest absolute Gasteiger partial charge is 0.360 e. The molecule has 2 aromatic rings. The molecule has 1 aliphatic rings. The van der Waals surface area contributed by atoms with Crippen LogP contribution in [0, 0.1) is 6.92 Å². The summed E-state index contributed by atoms with van der Waals surface area (Å²) in [6, 6.07) is 4.71. The molecule has 3 rings (SSSR count). The second-order valence-electron chi connectivity index (χ2n) is 6.53. The third-order valence-electron chi connectivity index (χ3n) is 4.46. The predicted molar refractivity (Wildman–Crippen MR) is 94.5 cm³/mol. The zero-order chi connectivity index (χ0) is 19.9. The molecular formula is C18H21NO8. The van der Waals surface area contributed by atoms with E-state index < -0.39 is 42.2 Å². The van der Waals surface area contributed by atoms with Gasteiger partial charge in [0, 0.05) is 17.9 Å². The molecule has 0 saturated carbocycles. The second kappa shape index (κ2) is 7.28. The quantitative estimate of drug-likeness (QED) is 0.557. The van der Waals surface area contributed by atoms with Crippen molar-refractivity contribution in [2.45, 2.75) is 51.5 Å². The van der Waals surface area contributed by atoms with E-state index in [0.29, 0.717) is 10.9 Å². The lowest BCUT2D eigenvalue weighted by Crippen LogP contribution is -2.58. The van der Waals surface area contributed by atoms with Gasteiger partial charge in [0.15, 0.2) is 0 Å². The number of hydrogen-bond acceptors (Lipinski definition) is 8. The van der Waals surface area contributed by atoms with Crippen LogP contribution in [0.2, 0.25) is 0 Å². The summed E-state index contributed by atoms with van der Waals surface area (Å²) in [4.78, 5) is 23.2. The maximum atomic E-state index is 12.0. The van der Waals surface area contributed by atoms with Gasteiger partial charge in [0.2, 0.25) is 12.2 Å². The van der Waals surface area contributed by atoms with Crippen LogP contribution in [0.25, 0.3) is 11.0 Å². The molecule has 5 atom stereocenters. The Hall–Kier alpha value is -2.46. The van der Waals surface area contributed by atoms with Crippen molar-refractivity contribution in [3.05, 3.63) is 34.2 Å². The number of benzene rings is 1. The number of carbonyl (C=O) groups is 1. The normalized spacial score (nSPS) is 28.1. The predicted octanol–water partition coefficient (Wildman–Crippen LogP) is 0.266. The van der Waals surface area contributed by atoms with Gasteiger partial charge in [-0.2, -0.15) is 0 Å². The Morgan fingerprint density at radius 2 is 1.89 bits per heavy atom. The molecule has 27 heavy (non-hydrogen) atoms. The lowest BCUT2D eigenvalue weighted by Gasteiger charge is -2.39. The molecule has 0 radical (unpaired) electrons. The van der Waals surface area contributed by atoms with E-state index in [2.05, 4.69) is 5.32 Å². The second-order valence-corrected chi connectivity index (χ2v) is 6.53. The van der Waals surface area contributed by atoms with E-state index >= 15 is 0 Å². The van der Waals surface area contributed by atoms with Gasteiger partial charge in [0.1, 0.15) is 35.3 Å². The average Bonchev–Trinajstić information content (AvgIpc) is 2.61. The minimum absolute atomic E-state index is 0.0278. The van der Waals surface area contributed by atoms with Gasteiger partial charge in [-0.3, -0.25) is 4.79 Å². The zero-order valence-corrected chi connectivity index (χ0v) is 15.0. The van der Waals surface area contributed by atoms with Crippen LogP contribution >= 0.6 is 0 Å². The summed E-state index contributed by atoms with van der Waals surface area (Å²) in [5.74, 6) is -0.116. The molecule has 1 aliphatic heterocycles. The van der Waals surface area contributed by atoms with Crippen molar-refractivity contribution in [2.75, 3.05) is 5.32 Å². The molecule has 9 nitrogen and oxygen atoms in total. The molecule has 1 saturated heterocycles. The number of fused-ring (bicyclic) bond motifs is 1. The first-order chi connectivity index (χ1) is 12.7. The molecule has 2 heterocycles. The van der Waals surface area contributed by atoms with Crippen molar-refractivity contribution < 1.29 is 34.0 Å². The van der Waals surface area contributed by atoms with E-state index in [9.17, 15) is 24.9 Å². The van der Waals surface area contributed by atoms with Crippen molar-refractivity contribution in [1.82, 2.24) is 0 Å². The Balaban J connectivity index is 1.93. The van der Waals surface area contributed by atoms with Gasteiger partial charge in [-0.15, -0.1) is 0 Å². The summed E-state index contributed by atoms with van der Waals surface area (Å²) in [7, 11) is 0. The number of anilines is 1. The third kappa shape index (κ3) is 3.67. The van der Waals surface area contributed by atoms with Crippen molar-refractivity contribution in [2.24, 2.45) is 0 Å². The van der Waals surface area contributed by atoms with Crippen molar-refractivity contribution in [3.63, 3.8) is 0 Å². The molecule has 0 bridgehead atoms. The SMILES string of the molecule is CC(=O)Nc1cc2ccc(O[C@@H]3O[C@@H](C)[C@H](O)[C@@H](O)[C@H]3O)c(C)c2oc1=O. The van der Waals surface area contributed by atoms with E-state index in [0.717, 1.165) is 0 Å². The standard InChI is InChI=1S/C18H21NO8/c1-7-12(26-18-15(23)14(22)13(21)8(2)25-18)5-4-10-6-11(19-9(3)20)17(24)27-16(7)10/h4-6,8,13-15,18,21-23H,1-3H3,(H,19,20)/t8-,13-,14+,15+,18-/m0/s1. The van der Waals surface area contributed by atoms with Gasteiger partial charge in [0.25, 0.3) is 0 Å². The first kappa shape index (κ1) is 19.3. The fraction of sp³-hybridized carbons (Fsp3) is 0.444.